The Hall–Kier alpha value is -1.59. The van der Waals surface area contributed by atoms with Gasteiger partial charge in [-0.15, -0.1) is 0 Å². The van der Waals surface area contributed by atoms with Gasteiger partial charge in [0, 0.05) is 29.5 Å². The second kappa shape index (κ2) is 5.11. The molecule has 4 bridgehead atoms. The van der Waals surface area contributed by atoms with Crippen LogP contribution in [-0.4, -0.2) is 56.2 Å². The molecule has 6 aliphatic rings. The van der Waals surface area contributed by atoms with Gasteiger partial charge in [-0.3, -0.25) is 4.79 Å². The molecule has 2 heterocycles. The van der Waals surface area contributed by atoms with Crippen LogP contribution in [-0.2, 0) is 21.4 Å². The van der Waals surface area contributed by atoms with E-state index in [-0.39, 0.29) is 28.6 Å². The van der Waals surface area contributed by atoms with Crippen molar-refractivity contribution in [1.29, 1.82) is 0 Å². The average Bonchev–Trinajstić information content (AvgIpc) is 3.07. The molecule has 4 aliphatic carbocycles. The fourth-order valence-electron chi connectivity index (χ4n) is 8.30. The summed E-state index contributed by atoms with van der Waals surface area (Å²) in [6.45, 7) is 2.80. The Morgan fingerprint density at radius 1 is 1.25 bits per heavy atom. The van der Waals surface area contributed by atoms with E-state index in [0.717, 1.165) is 50.1 Å². The lowest BCUT2D eigenvalue weighted by molar-refractivity contribution is -0.270. The molecule has 0 amide bonds. The number of Topliss-reactive ketones (excluding diaryl/α,β-unsaturated/α-hetero) is 1. The van der Waals surface area contributed by atoms with Gasteiger partial charge in [0.15, 0.2) is 11.5 Å². The van der Waals surface area contributed by atoms with Gasteiger partial charge in [0.25, 0.3) is 0 Å². The van der Waals surface area contributed by atoms with Crippen LogP contribution in [0.5, 0.6) is 11.5 Å². The number of piperidine rings is 1. The normalized spacial score (nSPS) is 44.8. The van der Waals surface area contributed by atoms with Crippen molar-refractivity contribution in [3.8, 4) is 11.5 Å². The van der Waals surface area contributed by atoms with Crippen molar-refractivity contribution in [2.45, 2.75) is 62.2 Å². The van der Waals surface area contributed by atoms with Crippen LogP contribution < -0.4 is 9.47 Å². The van der Waals surface area contributed by atoms with Crippen LogP contribution in [0.25, 0.3) is 0 Å². The third-order valence-electron chi connectivity index (χ3n) is 9.32. The smallest absolute Gasteiger partial charge is 0.165 e. The van der Waals surface area contributed by atoms with Crippen molar-refractivity contribution in [2.75, 3.05) is 27.8 Å². The van der Waals surface area contributed by atoms with Gasteiger partial charge in [-0.25, -0.2) is 0 Å². The standard InChI is InChI=1S/C23H29NO4/c1-13(25)15-12-21-7-8-23(15,27-4)20-22(21)9-10-24(2)17(21)11-14-5-6-16(26-3)19(28-20)18(14)22/h5-6,15,17,20H,7-12H2,1-4H3/t15-,17+,20+,21-,22-,23+/m0/s1. The minimum absolute atomic E-state index is 0.0676. The van der Waals surface area contributed by atoms with Crippen LogP contribution in [0.3, 0.4) is 0 Å². The summed E-state index contributed by atoms with van der Waals surface area (Å²) in [4.78, 5) is 15.4. The van der Waals surface area contributed by atoms with Crippen molar-refractivity contribution in [2.24, 2.45) is 11.3 Å². The molecule has 0 aromatic heterocycles. The molecule has 4 fully saturated rings. The molecule has 0 unspecified atom stereocenters. The number of benzene rings is 1. The predicted molar refractivity (Wildman–Crippen MR) is 104 cm³/mol. The summed E-state index contributed by atoms with van der Waals surface area (Å²) >= 11 is 0. The average molecular weight is 383 g/mol. The zero-order chi connectivity index (χ0) is 19.5. The molecule has 3 saturated carbocycles. The summed E-state index contributed by atoms with van der Waals surface area (Å²) in [6, 6.07) is 4.75. The fraction of sp³-hybridized carbons (Fsp3) is 0.696. The van der Waals surface area contributed by atoms with E-state index in [1.54, 1.807) is 21.1 Å². The highest BCUT2D eigenvalue weighted by molar-refractivity contribution is 5.81. The summed E-state index contributed by atoms with van der Waals surface area (Å²) in [5.41, 5.74) is 2.25. The van der Waals surface area contributed by atoms with Gasteiger partial charge in [0.1, 0.15) is 17.5 Å². The lowest BCUT2D eigenvalue weighted by Crippen LogP contribution is -2.81. The number of fused-ring (bicyclic) bond motifs is 2. The summed E-state index contributed by atoms with van der Waals surface area (Å²) in [6.07, 6.45) is 4.91. The SMILES string of the molecule is COc1ccc2c3c1O[C@H]1[C@@]4(OC)CC[C@]5(C[C@H]4C(C)=O)[C@@H](C2)N(C)CC[C@]315. The summed E-state index contributed by atoms with van der Waals surface area (Å²) in [5.74, 6) is 1.89. The Labute approximate surface area is 166 Å². The van der Waals surface area contributed by atoms with Crippen LogP contribution in [0, 0.1) is 11.3 Å². The number of likely N-dealkylation sites (tertiary alicyclic amines) is 1. The van der Waals surface area contributed by atoms with Gasteiger partial charge in [-0.05, 0) is 64.3 Å². The second-order valence-corrected chi connectivity index (χ2v) is 9.73. The molecule has 28 heavy (non-hydrogen) atoms. The molecule has 0 radical (unpaired) electrons. The van der Waals surface area contributed by atoms with Gasteiger partial charge < -0.3 is 19.1 Å². The summed E-state index contributed by atoms with van der Waals surface area (Å²) < 4.78 is 18.8. The lowest BCUT2D eigenvalue weighted by Gasteiger charge is -2.73. The number of ketones is 1. The van der Waals surface area contributed by atoms with E-state index in [2.05, 4.69) is 24.1 Å². The van der Waals surface area contributed by atoms with E-state index in [4.69, 9.17) is 14.2 Å². The molecule has 150 valence electrons. The van der Waals surface area contributed by atoms with Crippen LogP contribution in [0.2, 0.25) is 0 Å². The summed E-state index contributed by atoms with van der Waals surface area (Å²) in [5, 5.41) is 0. The van der Waals surface area contributed by atoms with E-state index in [9.17, 15) is 4.79 Å². The first-order chi connectivity index (χ1) is 13.4. The molecular formula is C23H29NO4. The Morgan fingerprint density at radius 3 is 2.79 bits per heavy atom. The highest BCUT2D eigenvalue weighted by Gasteiger charge is 2.80. The van der Waals surface area contributed by atoms with Crippen LogP contribution in [0.15, 0.2) is 12.1 Å². The first-order valence-electron chi connectivity index (χ1n) is 10.6. The van der Waals surface area contributed by atoms with E-state index < -0.39 is 5.60 Å². The first kappa shape index (κ1) is 17.3. The zero-order valence-corrected chi connectivity index (χ0v) is 17.2. The third kappa shape index (κ3) is 1.53. The van der Waals surface area contributed by atoms with Crippen LogP contribution in [0.1, 0.15) is 43.7 Å². The maximum Gasteiger partial charge on any atom is 0.165 e. The third-order valence-corrected chi connectivity index (χ3v) is 9.32. The van der Waals surface area contributed by atoms with E-state index in [1.807, 2.05) is 0 Å². The number of methoxy groups -OCH3 is 2. The van der Waals surface area contributed by atoms with Crippen molar-refractivity contribution in [3.63, 3.8) is 0 Å². The molecule has 1 aromatic carbocycles. The minimum Gasteiger partial charge on any atom is -0.493 e. The number of carbonyl (C=O) groups is 1. The maximum absolute atomic E-state index is 12.8. The molecule has 5 nitrogen and oxygen atoms in total. The largest absolute Gasteiger partial charge is 0.493 e. The van der Waals surface area contributed by atoms with Gasteiger partial charge in [0.05, 0.1) is 13.0 Å². The number of ether oxygens (including phenoxy) is 3. The lowest BCUT2D eigenvalue weighted by atomic mass is 9.34. The molecular weight excluding hydrogens is 354 g/mol. The number of rotatable bonds is 3. The molecule has 1 saturated heterocycles. The van der Waals surface area contributed by atoms with Crippen molar-refractivity contribution in [3.05, 3.63) is 23.3 Å². The van der Waals surface area contributed by atoms with Crippen molar-refractivity contribution in [1.82, 2.24) is 4.90 Å². The summed E-state index contributed by atoms with van der Waals surface area (Å²) in [7, 11) is 5.77. The molecule has 2 aliphatic heterocycles. The Balaban J connectivity index is 1.69. The molecule has 5 heteroatoms. The molecule has 7 rings (SSSR count). The second-order valence-electron chi connectivity index (χ2n) is 9.73. The molecule has 6 atom stereocenters. The minimum atomic E-state index is -0.535. The van der Waals surface area contributed by atoms with Crippen LogP contribution >= 0.6 is 0 Å². The van der Waals surface area contributed by atoms with Gasteiger partial charge >= 0.3 is 0 Å². The van der Waals surface area contributed by atoms with Gasteiger partial charge in [-0.1, -0.05) is 6.07 Å². The number of hydrogen-bond acceptors (Lipinski definition) is 5. The van der Waals surface area contributed by atoms with E-state index in [0.29, 0.717) is 6.04 Å². The molecule has 1 aromatic rings. The Kier molecular flexibility index (Phi) is 3.16. The number of nitrogens with zero attached hydrogens (tertiary/aromatic N) is 1. The Morgan fingerprint density at radius 2 is 2.07 bits per heavy atom. The first-order valence-corrected chi connectivity index (χ1v) is 10.6. The monoisotopic (exact) mass is 383 g/mol. The highest BCUT2D eigenvalue weighted by Crippen LogP contribution is 2.76. The quantitative estimate of drug-likeness (QED) is 0.803. The maximum atomic E-state index is 12.8. The van der Waals surface area contributed by atoms with Crippen molar-refractivity contribution < 1.29 is 19.0 Å². The fourth-order valence-corrected chi connectivity index (χ4v) is 8.30. The Bertz CT molecular complexity index is 899. The topological polar surface area (TPSA) is 48.0 Å². The van der Waals surface area contributed by atoms with E-state index >= 15 is 0 Å². The predicted octanol–water partition coefficient (Wildman–Crippen LogP) is 2.73. The highest BCUT2D eigenvalue weighted by atomic mass is 16.6. The molecule has 0 N–H and O–H groups in total. The number of likely N-dealkylation sites (N-methyl/N-ethyl adjacent to an activating group) is 1. The molecule has 2 spiro atoms. The number of hydrogen-bond donors (Lipinski definition) is 0. The van der Waals surface area contributed by atoms with Crippen molar-refractivity contribution >= 4 is 5.78 Å². The zero-order valence-electron chi connectivity index (χ0n) is 17.2. The van der Waals surface area contributed by atoms with E-state index in [1.165, 1.54) is 11.1 Å². The van der Waals surface area contributed by atoms with Gasteiger partial charge in [0.2, 0.25) is 0 Å². The number of carbonyl (C=O) groups excluding carboxylic acids is 1. The van der Waals surface area contributed by atoms with Gasteiger partial charge in [-0.2, -0.15) is 0 Å². The van der Waals surface area contributed by atoms with Crippen LogP contribution in [0.4, 0.5) is 0 Å².